The predicted octanol–water partition coefficient (Wildman–Crippen LogP) is 5.33. The number of hydrogen-bond acceptors (Lipinski definition) is 5. The molecule has 8 heteroatoms. The Morgan fingerprint density at radius 3 is 2.61 bits per heavy atom. The third-order valence-electron chi connectivity index (χ3n) is 3.93. The van der Waals surface area contributed by atoms with E-state index in [-0.39, 0.29) is 12.4 Å². The smallest absolute Gasteiger partial charge is 0.325 e. The monoisotopic (exact) mass is 400 g/mol. The average molecular weight is 400 g/mol. The fourth-order valence-corrected chi connectivity index (χ4v) is 3.19. The van der Waals surface area contributed by atoms with E-state index >= 15 is 0 Å². The van der Waals surface area contributed by atoms with Crippen molar-refractivity contribution in [3.05, 3.63) is 64.4 Å². The largest absolute Gasteiger partial charge is 0.486 e. The number of rotatable bonds is 6. The molecule has 0 atom stereocenters. The number of aromatic nitrogens is 2. The molecule has 0 spiro atoms. The standard InChI is InChI=1S/C20H21FN4O2S/c1-12(2)16-9-4-13(3)10-17(16)27-11-18-24-25-20(28-18)23-19(26)22-15-7-5-14(21)6-8-15/h4-10,12H,11H2,1-3H3,(H2,22,23,25,26). The zero-order valence-electron chi connectivity index (χ0n) is 15.8. The number of anilines is 2. The van der Waals surface area contributed by atoms with Crippen LogP contribution in [0.2, 0.25) is 0 Å². The minimum absolute atomic E-state index is 0.266. The molecule has 0 unspecified atom stereocenters. The molecule has 28 heavy (non-hydrogen) atoms. The summed E-state index contributed by atoms with van der Waals surface area (Å²) in [4.78, 5) is 12.0. The van der Waals surface area contributed by atoms with Gasteiger partial charge in [-0.05, 0) is 54.3 Å². The maximum absolute atomic E-state index is 12.9. The molecule has 0 saturated carbocycles. The second-order valence-electron chi connectivity index (χ2n) is 6.57. The Kier molecular flexibility index (Phi) is 6.20. The van der Waals surface area contributed by atoms with E-state index in [1.54, 1.807) is 0 Å². The first-order valence-corrected chi connectivity index (χ1v) is 9.61. The highest BCUT2D eigenvalue weighted by Crippen LogP contribution is 2.28. The van der Waals surface area contributed by atoms with Crippen molar-refractivity contribution in [2.24, 2.45) is 0 Å². The van der Waals surface area contributed by atoms with Crippen molar-refractivity contribution in [2.75, 3.05) is 10.6 Å². The van der Waals surface area contributed by atoms with Gasteiger partial charge in [-0.15, -0.1) is 10.2 Å². The summed E-state index contributed by atoms with van der Waals surface area (Å²) in [6, 6.07) is 11.2. The van der Waals surface area contributed by atoms with E-state index in [4.69, 9.17) is 4.74 Å². The fourth-order valence-electron chi connectivity index (χ4n) is 2.54. The van der Waals surface area contributed by atoms with E-state index in [2.05, 4.69) is 46.8 Å². The quantitative estimate of drug-likeness (QED) is 0.586. The summed E-state index contributed by atoms with van der Waals surface area (Å²) in [5.41, 5.74) is 2.73. The molecule has 0 aliphatic rings. The third-order valence-corrected chi connectivity index (χ3v) is 4.74. The maximum Gasteiger partial charge on any atom is 0.325 e. The first-order valence-electron chi connectivity index (χ1n) is 8.80. The number of benzene rings is 2. The molecule has 3 aromatic rings. The van der Waals surface area contributed by atoms with Crippen LogP contribution in [0.1, 0.15) is 35.9 Å². The first-order chi connectivity index (χ1) is 13.4. The topological polar surface area (TPSA) is 76.1 Å². The van der Waals surface area contributed by atoms with Gasteiger partial charge in [0.25, 0.3) is 0 Å². The molecule has 0 fully saturated rings. The summed E-state index contributed by atoms with van der Waals surface area (Å²) in [6.45, 7) is 6.51. The Bertz CT molecular complexity index is 957. The highest BCUT2D eigenvalue weighted by molar-refractivity contribution is 7.15. The number of ether oxygens (including phenoxy) is 1. The summed E-state index contributed by atoms with van der Waals surface area (Å²) in [7, 11) is 0. The molecule has 146 valence electrons. The SMILES string of the molecule is Cc1ccc(C(C)C)c(OCc2nnc(NC(=O)Nc3ccc(F)cc3)s2)c1. The molecule has 2 N–H and O–H groups in total. The molecule has 0 radical (unpaired) electrons. The minimum atomic E-state index is -0.476. The summed E-state index contributed by atoms with van der Waals surface area (Å²) < 4.78 is 18.8. The van der Waals surface area contributed by atoms with Gasteiger partial charge in [0.05, 0.1) is 0 Å². The molecule has 2 amide bonds. The number of nitrogens with zero attached hydrogens (tertiary/aromatic N) is 2. The van der Waals surface area contributed by atoms with Gasteiger partial charge in [-0.3, -0.25) is 5.32 Å². The number of hydrogen-bond donors (Lipinski definition) is 2. The van der Waals surface area contributed by atoms with Crippen LogP contribution >= 0.6 is 11.3 Å². The molecule has 3 rings (SSSR count). The van der Waals surface area contributed by atoms with Crippen LogP contribution in [0.15, 0.2) is 42.5 Å². The van der Waals surface area contributed by atoms with Crippen LogP contribution in [0, 0.1) is 12.7 Å². The molecule has 1 heterocycles. The van der Waals surface area contributed by atoms with Crippen LogP contribution in [-0.4, -0.2) is 16.2 Å². The van der Waals surface area contributed by atoms with Crippen molar-refractivity contribution in [1.82, 2.24) is 10.2 Å². The summed E-state index contributed by atoms with van der Waals surface area (Å²) in [5.74, 6) is 0.806. The van der Waals surface area contributed by atoms with Crippen molar-refractivity contribution < 1.29 is 13.9 Å². The fraction of sp³-hybridized carbons (Fsp3) is 0.250. The van der Waals surface area contributed by atoms with Gasteiger partial charge in [0.2, 0.25) is 5.13 Å². The lowest BCUT2D eigenvalue weighted by atomic mass is 10.0. The Hall–Kier alpha value is -3.00. The second-order valence-corrected chi connectivity index (χ2v) is 7.63. The second kappa shape index (κ2) is 8.79. The molecular weight excluding hydrogens is 379 g/mol. The minimum Gasteiger partial charge on any atom is -0.486 e. The Labute approximate surface area is 166 Å². The van der Waals surface area contributed by atoms with Crippen LogP contribution in [0.5, 0.6) is 5.75 Å². The van der Waals surface area contributed by atoms with E-state index in [0.29, 0.717) is 21.7 Å². The number of nitrogens with one attached hydrogen (secondary N) is 2. The van der Waals surface area contributed by atoms with E-state index in [0.717, 1.165) is 16.9 Å². The molecule has 0 bridgehead atoms. The van der Waals surface area contributed by atoms with Crippen molar-refractivity contribution in [3.8, 4) is 5.75 Å². The van der Waals surface area contributed by atoms with Crippen LogP contribution in [0.25, 0.3) is 0 Å². The summed E-state index contributed by atoms with van der Waals surface area (Å²) >= 11 is 1.23. The molecule has 0 aliphatic carbocycles. The van der Waals surface area contributed by atoms with E-state index in [9.17, 15) is 9.18 Å². The molecule has 6 nitrogen and oxygen atoms in total. The van der Waals surface area contributed by atoms with E-state index < -0.39 is 6.03 Å². The highest BCUT2D eigenvalue weighted by atomic mass is 32.1. The number of aryl methyl sites for hydroxylation is 1. The van der Waals surface area contributed by atoms with Crippen LogP contribution in [-0.2, 0) is 6.61 Å². The van der Waals surface area contributed by atoms with Gasteiger partial charge in [-0.1, -0.05) is 37.3 Å². The molecular formula is C20H21FN4O2S. The van der Waals surface area contributed by atoms with Crippen molar-refractivity contribution in [2.45, 2.75) is 33.3 Å². The van der Waals surface area contributed by atoms with E-state index in [1.165, 1.54) is 35.6 Å². The Morgan fingerprint density at radius 2 is 1.89 bits per heavy atom. The maximum atomic E-state index is 12.9. The van der Waals surface area contributed by atoms with Crippen LogP contribution in [0.3, 0.4) is 0 Å². The average Bonchev–Trinajstić information content (AvgIpc) is 3.09. The highest BCUT2D eigenvalue weighted by Gasteiger charge is 2.12. The lowest BCUT2D eigenvalue weighted by Crippen LogP contribution is -2.19. The number of carbonyl (C=O) groups is 1. The van der Waals surface area contributed by atoms with Crippen molar-refractivity contribution in [1.29, 1.82) is 0 Å². The van der Waals surface area contributed by atoms with Crippen LogP contribution < -0.4 is 15.4 Å². The zero-order chi connectivity index (χ0) is 20.1. The molecule has 0 saturated heterocycles. The van der Waals surface area contributed by atoms with Gasteiger partial charge in [0.1, 0.15) is 18.2 Å². The lowest BCUT2D eigenvalue weighted by molar-refractivity contribution is 0.262. The van der Waals surface area contributed by atoms with Crippen molar-refractivity contribution >= 4 is 28.2 Å². The van der Waals surface area contributed by atoms with Crippen LogP contribution in [0.4, 0.5) is 20.0 Å². The predicted molar refractivity (Wildman–Crippen MR) is 109 cm³/mol. The lowest BCUT2D eigenvalue weighted by Gasteiger charge is -2.13. The number of halogens is 1. The summed E-state index contributed by atoms with van der Waals surface area (Å²) in [6.07, 6.45) is 0. The van der Waals surface area contributed by atoms with Gasteiger partial charge in [0, 0.05) is 5.69 Å². The van der Waals surface area contributed by atoms with Crippen molar-refractivity contribution in [3.63, 3.8) is 0 Å². The van der Waals surface area contributed by atoms with Gasteiger partial charge in [-0.2, -0.15) is 0 Å². The van der Waals surface area contributed by atoms with E-state index in [1.807, 2.05) is 13.0 Å². The first kappa shape index (κ1) is 19.8. The number of amides is 2. The Balaban J connectivity index is 1.58. The van der Waals surface area contributed by atoms with Gasteiger partial charge >= 0.3 is 6.03 Å². The molecule has 1 aromatic heterocycles. The normalized spacial score (nSPS) is 10.8. The Morgan fingerprint density at radius 1 is 1.14 bits per heavy atom. The molecule has 2 aromatic carbocycles. The van der Waals surface area contributed by atoms with Gasteiger partial charge < -0.3 is 10.1 Å². The van der Waals surface area contributed by atoms with Gasteiger partial charge in [-0.25, -0.2) is 9.18 Å². The van der Waals surface area contributed by atoms with Gasteiger partial charge in [0.15, 0.2) is 5.01 Å². The zero-order valence-corrected chi connectivity index (χ0v) is 16.6. The number of urea groups is 1. The third kappa shape index (κ3) is 5.26. The number of carbonyl (C=O) groups excluding carboxylic acids is 1. The summed E-state index contributed by atoms with van der Waals surface area (Å²) in [5, 5.41) is 14.2. The molecule has 0 aliphatic heterocycles.